The normalized spacial score (nSPS) is 11.6. The van der Waals surface area contributed by atoms with Crippen molar-refractivity contribution >= 4 is 11.9 Å². The first-order chi connectivity index (χ1) is 9.07. The molecule has 0 amide bonds. The van der Waals surface area contributed by atoms with Gasteiger partial charge in [-0.05, 0) is 13.3 Å². The minimum absolute atomic E-state index is 0. The van der Waals surface area contributed by atoms with E-state index in [0.29, 0.717) is 0 Å². The maximum atomic E-state index is 11.2. The van der Waals surface area contributed by atoms with Gasteiger partial charge in [0.15, 0.2) is 0 Å². The summed E-state index contributed by atoms with van der Waals surface area (Å²) in [6.07, 6.45) is 9.60. The third kappa shape index (κ3) is 14.5. The predicted molar refractivity (Wildman–Crippen MR) is 74.6 cm³/mol. The summed E-state index contributed by atoms with van der Waals surface area (Å²) < 4.78 is 4.46. The first-order valence-corrected chi connectivity index (χ1v) is 7.50. The molecule has 0 saturated carbocycles. The summed E-state index contributed by atoms with van der Waals surface area (Å²) in [6, 6.07) is 0. The molecule has 20 heavy (non-hydrogen) atoms. The molecule has 0 aliphatic rings. The number of unbranched alkanes of at least 4 members (excludes halogenated alkanes) is 8. The van der Waals surface area contributed by atoms with Crippen LogP contribution in [-0.2, 0) is 14.3 Å². The summed E-state index contributed by atoms with van der Waals surface area (Å²) in [4.78, 5) is 22.1. The van der Waals surface area contributed by atoms with Crippen LogP contribution in [0.3, 0.4) is 0 Å². The summed E-state index contributed by atoms with van der Waals surface area (Å²) >= 11 is 0. The number of carbonyl (C=O) groups is 2. The summed E-state index contributed by atoms with van der Waals surface area (Å²) in [5.74, 6) is -1.39. The molecular formula is C15H28NaO4+. The number of hydrogen-bond acceptors (Lipinski definition) is 4. The van der Waals surface area contributed by atoms with Crippen molar-refractivity contribution in [2.75, 3.05) is 0 Å². The standard InChI is InChI=1S/C15H28O4.Na/c1-3-4-5-6-7-8-9-10-11-12-14(17)19-15(18)13(2)16;/h13,16H,3-12H2,1-2H3;/q;+1. The monoisotopic (exact) mass is 295 g/mol. The Morgan fingerprint density at radius 1 is 0.950 bits per heavy atom. The summed E-state index contributed by atoms with van der Waals surface area (Å²) in [6.45, 7) is 3.50. The first kappa shape index (κ1) is 22.4. The molecule has 0 aromatic carbocycles. The fourth-order valence-corrected chi connectivity index (χ4v) is 1.83. The van der Waals surface area contributed by atoms with Crippen LogP contribution in [0.4, 0.5) is 0 Å². The van der Waals surface area contributed by atoms with Crippen molar-refractivity contribution in [3.8, 4) is 0 Å². The van der Waals surface area contributed by atoms with Gasteiger partial charge in [0.1, 0.15) is 6.10 Å². The van der Waals surface area contributed by atoms with Crippen LogP contribution in [0.25, 0.3) is 0 Å². The van der Waals surface area contributed by atoms with E-state index in [0.717, 1.165) is 19.3 Å². The smallest absolute Gasteiger partial charge is 0.391 e. The maximum absolute atomic E-state index is 11.2. The molecule has 112 valence electrons. The molecule has 0 aromatic rings. The number of hydrogen-bond donors (Lipinski definition) is 1. The number of rotatable bonds is 11. The molecule has 0 radical (unpaired) electrons. The van der Waals surface area contributed by atoms with Gasteiger partial charge in [0.05, 0.1) is 0 Å². The minimum Gasteiger partial charge on any atom is -0.391 e. The van der Waals surface area contributed by atoms with E-state index >= 15 is 0 Å². The van der Waals surface area contributed by atoms with E-state index in [4.69, 9.17) is 5.11 Å². The van der Waals surface area contributed by atoms with Gasteiger partial charge in [-0.2, -0.15) is 0 Å². The Labute approximate surface area is 144 Å². The van der Waals surface area contributed by atoms with Crippen molar-refractivity contribution in [2.45, 2.75) is 84.2 Å². The number of carbonyl (C=O) groups excluding carboxylic acids is 2. The molecule has 0 rings (SSSR count). The fourth-order valence-electron chi connectivity index (χ4n) is 1.83. The van der Waals surface area contributed by atoms with Crippen LogP contribution in [0.2, 0.25) is 0 Å². The topological polar surface area (TPSA) is 63.6 Å². The molecule has 0 aromatic heterocycles. The van der Waals surface area contributed by atoms with Gasteiger partial charge in [-0.3, -0.25) is 4.79 Å². The van der Waals surface area contributed by atoms with Crippen molar-refractivity contribution < 1.29 is 49.0 Å². The van der Waals surface area contributed by atoms with Gasteiger partial charge in [0.2, 0.25) is 0 Å². The van der Waals surface area contributed by atoms with Crippen LogP contribution >= 0.6 is 0 Å². The quantitative estimate of drug-likeness (QED) is 0.259. The number of aliphatic hydroxyl groups is 1. The van der Waals surface area contributed by atoms with Crippen molar-refractivity contribution in [3.05, 3.63) is 0 Å². The van der Waals surface area contributed by atoms with Gasteiger partial charge in [0.25, 0.3) is 0 Å². The van der Waals surface area contributed by atoms with Gasteiger partial charge in [-0.1, -0.05) is 58.3 Å². The largest absolute Gasteiger partial charge is 1.00 e. The van der Waals surface area contributed by atoms with E-state index in [1.807, 2.05) is 0 Å². The molecular weight excluding hydrogens is 267 g/mol. The van der Waals surface area contributed by atoms with Gasteiger partial charge < -0.3 is 9.84 Å². The molecule has 0 spiro atoms. The Morgan fingerprint density at radius 2 is 1.40 bits per heavy atom. The molecule has 1 atom stereocenters. The Hall–Kier alpha value is 0.1000. The molecule has 5 heteroatoms. The van der Waals surface area contributed by atoms with Gasteiger partial charge in [-0.25, -0.2) is 4.79 Å². The number of ether oxygens (including phenoxy) is 1. The van der Waals surface area contributed by atoms with Crippen molar-refractivity contribution in [1.82, 2.24) is 0 Å². The molecule has 4 nitrogen and oxygen atoms in total. The SMILES string of the molecule is CCCCCCCCCCCC(=O)OC(=O)C(C)O.[Na+]. The van der Waals surface area contributed by atoms with Crippen molar-refractivity contribution in [1.29, 1.82) is 0 Å². The fraction of sp³-hybridized carbons (Fsp3) is 0.867. The van der Waals surface area contributed by atoms with Crippen LogP contribution < -0.4 is 29.6 Å². The average molecular weight is 295 g/mol. The first-order valence-electron chi connectivity index (χ1n) is 7.50. The van der Waals surface area contributed by atoms with E-state index in [9.17, 15) is 9.59 Å². The van der Waals surface area contributed by atoms with Crippen LogP contribution in [0.15, 0.2) is 0 Å². The Bertz CT molecular complexity index is 254. The average Bonchev–Trinajstić information content (AvgIpc) is 2.36. The van der Waals surface area contributed by atoms with Crippen LogP contribution in [-0.4, -0.2) is 23.1 Å². The second kappa shape index (κ2) is 15.5. The molecule has 1 unspecified atom stereocenters. The third-order valence-electron chi connectivity index (χ3n) is 3.04. The second-order valence-electron chi connectivity index (χ2n) is 5.05. The predicted octanol–water partition coefficient (Wildman–Crippen LogP) is 0.362. The van der Waals surface area contributed by atoms with Crippen LogP contribution in [0.5, 0.6) is 0 Å². The molecule has 0 aliphatic heterocycles. The second-order valence-corrected chi connectivity index (χ2v) is 5.05. The van der Waals surface area contributed by atoms with E-state index in [2.05, 4.69) is 11.7 Å². The van der Waals surface area contributed by atoms with E-state index in [-0.39, 0.29) is 36.0 Å². The van der Waals surface area contributed by atoms with Crippen LogP contribution in [0.1, 0.15) is 78.1 Å². The molecule has 0 heterocycles. The van der Waals surface area contributed by atoms with E-state index in [1.165, 1.54) is 45.4 Å². The summed E-state index contributed by atoms with van der Waals surface area (Å²) in [7, 11) is 0. The molecule has 0 fully saturated rings. The molecule has 0 bridgehead atoms. The van der Waals surface area contributed by atoms with Gasteiger partial charge in [-0.15, -0.1) is 0 Å². The molecule has 0 aliphatic carbocycles. The number of aliphatic hydroxyl groups excluding tert-OH is 1. The maximum Gasteiger partial charge on any atom is 1.00 e. The zero-order chi connectivity index (χ0) is 14.5. The zero-order valence-corrected chi connectivity index (χ0v) is 15.3. The van der Waals surface area contributed by atoms with E-state index in [1.54, 1.807) is 0 Å². The molecule has 0 saturated heterocycles. The van der Waals surface area contributed by atoms with E-state index < -0.39 is 18.0 Å². The minimum atomic E-state index is -1.23. The molecule has 1 N–H and O–H groups in total. The van der Waals surface area contributed by atoms with Gasteiger partial charge in [0, 0.05) is 6.42 Å². The van der Waals surface area contributed by atoms with Crippen LogP contribution in [0, 0.1) is 0 Å². The zero-order valence-electron chi connectivity index (χ0n) is 13.3. The Morgan fingerprint density at radius 3 is 1.85 bits per heavy atom. The Balaban J connectivity index is 0. The van der Waals surface area contributed by atoms with Crippen molar-refractivity contribution in [2.24, 2.45) is 0 Å². The number of esters is 2. The summed E-state index contributed by atoms with van der Waals surface area (Å²) in [5, 5.41) is 8.87. The summed E-state index contributed by atoms with van der Waals surface area (Å²) in [5.41, 5.74) is 0. The van der Waals surface area contributed by atoms with Crippen molar-refractivity contribution in [3.63, 3.8) is 0 Å². The Kier molecular flexibility index (Phi) is 17.3. The third-order valence-corrected chi connectivity index (χ3v) is 3.04. The van der Waals surface area contributed by atoms with Gasteiger partial charge >= 0.3 is 41.5 Å².